The third-order valence-corrected chi connectivity index (χ3v) is 8.83. The molecule has 36 heavy (non-hydrogen) atoms. The summed E-state index contributed by atoms with van der Waals surface area (Å²) in [5, 5.41) is 4.68. The lowest BCUT2D eigenvalue weighted by atomic mass is 9.89. The number of rotatable bonds is 11. The van der Waals surface area contributed by atoms with Gasteiger partial charge in [-0.15, -0.1) is 11.3 Å². The predicted octanol–water partition coefficient (Wildman–Crippen LogP) is 4.28. The minimum Gasteiger partial charge on any atom is -0.484 e. The Morgan fingerprint density at radius 2 is 1.92 bits per heavy atom. The Hall–Kier alpha value is -3.02. The number of thiazole rings is 1. The van der Waals surface area contributed by atoms with Crippen molar-refractivity contribution in [1.82, 2.24) is 15.2 Å². The van der Waals surface area contributed by atoms with Crippen molar-refractivity contribution in [3.8, 4) is 5.75 Å². The number of hydrogen-bond donors (Lipinski definition) is 1. The highest BCUT2D eigenvalue weighted by molar-refractivity contribution is 8.78. The van der Waals surface area contributed by atoms with E-state index in [-0.39, 0.29) is 25.7 Å². The molecule has 2 unspecified atom stereocenters. The Kier molecular flexibility index (Phi) is 8.89. The highest BCUT2D eigenvalue weighted by Gasteiger charge is 2.49. The van der Waals surface area contributed by atoms with Crippen LogP contribution in [0.5, 0.6) is 5.75 Å². The van der Waals surface area contributed by atoms with Crippen molar-refractivity contribution in [1.29, 1.82) is 0 Å². The molecule has 4 rings (SSSR count). The number of benzene rings is 2. The van der Waals surface area contributed by atoms with Gasteiger partial charge in [-0.05, 0) is 59.9 Å². The number of carbonyl (C=O) groups is 3. The molecule has 0 radical (unpaired) electrons. The number of para-hydroxylation sites is 2. The molecular formula is C25H25N3O5S3. The smallest absolute Gasteiger partial charge is 0.325 e. The maximum atomic E-state index is 12.8. The lowest BCUT2D eigenvalue weighted by Crippen LogP contribution is -2.72. The number of fused-ring (bicyclic) bond motifs is 1. The summed E-state index contributed by atoms with van der Waals surface area (Å²) < 4.78 is 12.5. The predicted molar refractivity (Wildman–Crippen MR) is 143 cm³/mol. The first-order chi connectivity index (χ1) is 17.5. The van der Waals surface area contributed by atoms with Gasteiger partial charge in [0.15, 0.2) is 10.9 Å². The standard InChI is InChI=1S/C25H25N3O5S3/c1-3-32-21(30)13-28-23(16(2)15-34-36-25-26-18-11-7-8-12-19(18)35-25)22(24(28)31)27-20(29)14-33-17-9-5-4-6-10-17/h4-12,15,22-23H,3,13-14H2,1-2H3,(H,27,29). The van der Waals surface area contributed by atoms with E-state index in [0.29, 0.717) is 5.75 Å². The number of nitrogens with zero attached hydrogens (tertiary/aromatic N) is 2. The molecule has 3 aromatic rings. The monoisotopic (exact) mass is 543 g/mol. The third kappa shape index (κ3) is 6.40. The molecule has 1 N–H and O–H groups in total. The Morgan fingerprint density at radius 3 is 2.67 bits per heavy atom. The Labute approximate surface area is 220 Å². The van der Waals surface area contributed by atoms with Crippen LogP contribution in [0.2, 0.25) is 0 Å². The van der Waals surface area contributed by atoms with Gasteiger partial charge in [0.1, 0.15) is 18.3 Å². The molecule has 1 aromatic heterocycles. The highest BCUT2D eigenvalue weighted by Crippen LogP contribution is 2.39. The van der Waals surface area contributed by atoms with Crippen LogP contribution in [0.15, 0.2) is 69.9 Å². The Balaban J connectivity index is 1.40. The van der Waals surface area contributed by atoms with E-state index in [1.807, 2.05) is 54.8 Å². The molecule has 1 aliphatic heterocycles. The van der Waals surface area contributed by atoms with Gasteiger partial charge in [0.25, 0.3) is 5.91 Å². The Bertz CT molecular complexity index is 1230. The van der Waals surface area contributed by atoms with Crippen molar-refractivity contribution in [2.75, 3.05) is 19.8 Å². The number of esters is 1. The van der Waals surface area contributed by atoms with Crippen LogP contribution >= 0.6 is 32.9 Å². The number of amides is 2. The van der Waals surface area contributed by atoms with Gasteiger partial charge < -0.3 is 19.7 Å². The molecular weight excluding hydrogens is 518 g/mol. The van der Waals surface area contributed by atoms with Crippen LogP contribution in [0.25, 0.3) is 10.2 Å². The molecule has 188 valence electrons. The number of nitrogens with one attached hydrogen (secondary N) is 1. The van der Waals surface area contributed by atoms with Crippen LogP contribution in [0.1, 0.15) is 13.8 Å². The molecule has 2 heterocycles. The SMILES string of the molecule is CCOC(=O)CN1C(=O)C(NC(=O)COc2ccccc2)C1C(C)=CSSc1nc2ccccc2s1. The number of β-lactam (4-membered cyclic amide) rings is 1. The van der Waals surface area contributed by atoms with Crippen LogP contribution in [-0.4, -0.2) is 59.5 Å². The van der Waals surface area contributed by atoms with Gasteiger partial charge in [0.2, 0.25) is 5.91 Å². The summed E-state index contributed by atoms with van der Waals surface area (Å²) in [6, 6.07) is 15.7. The summed E-state index contributed by atoms with van der Waals surface area (Å²) in [5.74, 6) is -0.676. The van der Waals surface area contributed by atoms with Crippen molar-refractivity contribution in [3.63, 3.8) is 0 Å². The van der Waals surface area contributed by atoms with Crippen molar-refractivity contribution in [2.24, 2.45) is 0 Å². The van der Waals surface area contributed by atoms with Gasteiger partial charge in [0, 0.05) is 0 Å². The van der Waals surface area contributed by atoms with Crippen molar-refractivity contribution in [3.05, 3.63) is 65.6 Å². The highest BCUT2D eigenvalue weighted by atomic mass is 33.1. The van der Waals surface area contributed by atoms with E-state index in [0.717, 1.165) is 20.1 Å². The van der Waals surface area contributed by atoms with Gasteiger partial charge >= 0.3 is 5.97 Å². The van der Waals surface area contributed by atoms with Crippen LogP contribution < -0.4 is 10.1 Å². The fourth-order valence-electron chi connectivity index (χ4n) is 3.70. The maximum Gasteiger partial charge on any atom is 0.325 e. The molecule has 1 fully saturated rings. The summed E-state index contributed by atoms with van der Waals surface area (Å²) in [4.78, 5) is 43.5. The summed E-state index contributed by atoms with van der Waals surface area (Å²) in [5.41, 5.74) is 1.80. The van der Waals surface area contributed by atoms with E-state index >= 15 is 0 Å². The molecule has 2 amide bonds. The molecule has 2 aromatic carbocycles. The summed E-state index contributed by atoms with van der Waals surface area (Å²) in [6.07, 6.45) is 0. The number of aromatic nitrogens is 1. The molecule has 1 aliphatic rings. The van der Waals surface area contributed by atoms with Crippen LogP contribution in [-0.2, 0) is 19.1 Å². The molecule has 0 spiro atoms. The van der Waals surface area contributed by atoms with E-state index < -0.39 is 24.0 Å². The molecule has 1 saturated heterocycles. The van der Waals surface area contributed by atoms with E-state index in [2.05, 4.69) is 10.3 Å². The first kappa shape index (κ1) is 26.1. The average molecular weight is 544 g/mol. The van der Waals surface area contributed by atoms with Gasteiger partial charge in [-0.1, -0.05) is 41.1 Å². The Morgan fingerprint density at radius 1 is 1.17 bits per heavy atom. The number of carbonyl (C=O) groups excluding carboxylic acids is 3. The van der Waals surface area contributed by atoms with E-state index in [4.69, 9.17) is 9.47 Å². The third-order valence-electron chi connectivity index (χ3n) is 5.33. The second-order valence-corrected chi connectivity index (χ2v) is 11.2. The number of likely N-dealkylation sites (tertiary alicyclic amines) is 1. The minimum atomic E-state index is -0.782. The van der Waals surface area contributed by atoms with E-state index in [1.54, 1.807) is 30.4 Å². The van der Waals surface area contributed by atoms with Crippen molar-refractivity contribution < 1.29 is 23.9 Å². The zero-order valence-corrected chi connectivity index (χ0v) is 22.2. The van der Waals surface area contributed by atoms with Crippen molar-refractivity contribution >= 4 is 60.9 Å². The summed E-state index contributed by atoms with van der Waals surface area (Å²) in [7, 11) is 3.00. The lowest BCUT2D eigenvalue weighted by molar-refractivity contribution is -0.160. The largest absolute Gasteiger partial charge is 0.484 e. The number of hydrogen-bond acceptors (Lipinski definition) is 9. The van der Waals surface area contributed by atoms with Crippen LogP contribution in [0.3, 0.4) is 0 Å². The van der Waals surface area contributed by atoms with Crippen molar-refractivity contribution in [2.45, 2.75) is 30.3 Å². The topological polar surface area (TPSA) is 97.8 Å². The van der Waals surface area contributed by atoms with Gasteiger partial charge in [-0.25, -0.2) is 4.98 Å². The average Bonchev–Trinajstić information content (AvgIpc) is 3.30. The van der Waals surface area contributed by atoms with Crippen LogP contribution in [0.4, 0.5) is 0 Å². The zero-order chi connectivity index (χ0) is 25.5. The van der Waals surface area contributed by atoms with Gasteiger partial charge in [-0.3, -0.25) is 14.4 Å². The summed E-state index contributed by atoms with van der Waals surface area (Å²) in [6.45, 7) is 3.42. The van der Waals surface area contributed by atoms with Gasteiger partial charge in [-0.2, -0.15) is 0 Å². The molecule has 0 saturated carbocycles. The zero-order valence-electron chi connectivity index (χ0n) is 19.7. The fraction of sp³-hybridized carbons (Fsp3) is 0.280. The number of ether oxygens (including phenoxy) is 2. The quantitative estimate of drug-likeness (QED) is 0.217. The van der Waals surface area contributed by atoms with Crippen LogP contribution in [0, 0.1) is 0 Å². The molecule has 8 nitrogen and oxygen atoms in total. The molecule has 0 aliphatic carbocycles. The molecule has 11 heteroatoms. The van der Waals surface area contributed by atoms with E-state index in [9.17, 15) is 14.4 Å². The van der Waals surface area contributed by atoms with E-state index in [1.165, 1.54) is 26.5 Å². The maximum absolute atomic E-state index is 12.8. The molecule has 2 atom stereocenters. The first-order valence-electron chi connectivity index (χ1n) is 11.2. The molecule has 0 bridgehead atoms. The minimum absolute atomic E-state index is 0.176. The lowest BCUT2D eigenvalue weighted by Gasteiger charge is -2.47. The fourth-order valence-corrected chi connectivity index (χ4v) is 6.98. The second-order valence-electron chi connectivity index (χ2n) is 7.85. The summed E-state index contributed by atoms with van der Waals surface area (Å²) >= 11 is 1.61. The van der Waals surface area contributed by atoms with Gasteiger partial charge in [0.05, 0.1) is 22.9 Å². The first-order valence-corrected chi connectivity index (χ1v) is 14.3. The normalized spacial score (nSPS) is 17.6. The second kappa shape index (κ2) is 12.3.